The second kappa shape index (κ2) is 5.43. The van der Waals surface area contributed by atoms with Crippen molar-refractivity contribution in [3.8, 4) is 11.3 Å². The molecule has 110 valence electrons. The fraction of sp³-hybridized carbons (Fsp3) is 0.471. The van der Waals surface area contributed by atoms with Crippen molar-refractivity contribution in [2.24, 2.45) is 5.92 Å². The fourth-order valence-electron chi connectivity index (χ4n) is 3.62. The molecule has 0 spiro atoms. The van der Waals surface area contributed by atoms with Gasteiger partial charge in [-0.25, -0.2) is 4.98 Å². The zero-order valence-corrected chi connectivity index (χ0v) is 13.2. The molecule has 3 heterocycles. The van der Waals surface area contributed by atoms with Gasteiger partial charge in [-0.05, 0) is 44.4 Å². The molecule has 0 saturated carbocycles. The molecule has 3 atom stereocenters. The lowest BCUT2D eigenvalue weighted by atomic mass is 9.94. The molecule has 0 amide bonds. The quantitative estimate of drug-likeness (QED) is 0.938. The standard InChI is InChI=1S/C17H21N3S/c1-12-18-17(11-21-12)13-3-2-4-15(9-13)19-16-6-8-20-7-5-14(16)10-20/h2-4,9,11,14,16,19H,5-8,10H2,1H3. The molecule has 1 aromatic heterocycles. The molecule has 1 N–H and O–H groups in total. The van der Waals surface area contributed by atoms with Crippen LogP contribution in [-0.4, -0.2) is 35.6 Å². The van der Waals surface area contributed by atoms with E-state index in [9.17, 15) is 0 Å². The van der Waals surface area contributed by atoms with Gasteiger partial charge in [0.2, 0.25) is 0 Å². The lowest BCUT2D eigenvalue weighted by molar-refractivity contribution is 0.255. The average molecular weight is 299 g/mol. The van der Waals surface area contributed by atoms with Crippen molar-refractivity contribution in [3.05, 3.63) is 34.7 Å². The monoisotopic (exact) mass is 299 g/mol. The van der Waals surface area contributed by atoms with Crippen molar-refractivity contribution >= 4 is 17.0 Å². The third kappa shape index (κ3) is 2.70. The van der Waals surface area contributed by atoms with Crippen molar-refractivity contribution in [2.45, 2.75) is 25.8 Å². The smallest absolute Gasteiger partial charge is 0.0901 e. The van der Waals surface area contributed by atoms with Crippen molar-refractivity contribution in [1.29, 1.82) is 0 Å². The van der Waals surface area contributed by atoms with Crippen LogP contribution in [0.3, 0.4) is 0 Å². The highest BCUT2D eigenvalue weighted by Crippen LogP contribution is 2.30. The molecule has 4 rings (SSSR count). The topological polar surface area (TPSA) is 28.2 Å². The number of aromatic nitrogens is 1. The highest BCUT2D eigenvalue weighted by molar-refractivity contribution is 7.09. The number of rotatable bonds is 3. The maximum absolute atomic E-state index is 4.59. The Morgan fingerprint density at radius 3 is 3.05 bits per heavy atom. The van der Waals surface area contributed by atoms with E-state index < -0.39 is 0 Å². The van der Waals surface area contributed by atoms with Crippen LogP contribution in [0.2, 0.25) is 0 Å². The van der Waals surface area contributed by atoms with Gasteiger partial charge in [0.05, 0.1) is 10.7 Å². The summed E-state index contributed by atoms with van der Waals surface area (Å²) in [5.74, 6) is 0.823. The third-order valence-electron chi connectivity index (χ3n) is 4.76. The molecule has 0 aliphatic carbocycles. The Morgan fingerprint density at radius 1 is 1.29 bits per heavy atom. The van der Waals surface area contributed by atoms with Gasteiger partial charge in [-0.1, -0.05) is 12.1 Å². The van der Waals surface area contributed by atoms with Gasteiger partial charge < -0.3 is 10.2 Å². The van der Waals surface area contributed by atoms with E-state index in [1.807, 2.05) is 0 Å². The molecule has 2 saturated heterocycles. The lowest BCUT2D eigenvalue weighted by Gasteiger charge is -2.31. The van der Waals surface area contributed by atoms with E-state index in [2.05, 4.69) is 51.8 Å². The summed E-state index contributed by atoms with van der Waals surface area (Å²) in [7, 11) is 0. The average Bonchev–Trinajstić information content (AvgIpc) is 3.10. The van der Waals surface area contributed by atoms with Crippen molar-refractivity contribution < 1.29 is 0 Å². The summed E-state index contributed by atoms with van der Waals surface area (Å²) in [5, 5.41) is 7.04. The number of anilines is 1. The summed E-state index contributed by atoms with van der Waals surface area (Å²) in [4.78, 5) is 7.19. The van der Waals surface area contributed by atoms with Gasteiger partial charge in [-0.3, -0.25) is 0 Å². The fourth-order valence-corrected chi connectivity index (χ4v) is 4.24. The molecule has 2 fully saturated rings. The van der Waals surface area contributed by atoms with Crippen molar-refractivity contribution in [2.75, 3.05) is 25.0 Å². The van der Waals surface area contributed by atoms with E-state index in [1.54, 1.807) is 11.3 Å². The van der Waals surface area contributed by atoms with Crippen molar-refractivity contribution in [3.63, 3.8) is 0 Å². The number of hydrogen-bond donors (Lipinski definition) is 1. The Morgan fingerprint density at radius 2 is 2.19 bits per heavy atom. The molecule has 2 aromatic rings. The van der Waals surface area contributed by atoms with E-state index in [4.69, 9.17) is 0 Å². The van der Waals surface area contributed by atoms with Gasteiger partial charge >= 0.3 is 0 Å². The number of nitrogens with one attached hydrogen (secondary N) is 1. The van der Waals surface area contributed by atoms with E-state index in [1.165, 1.54) is 43.7 Å². The first-order valence-electron chi connectivity index (χ1n) is 7.79. The van der Waals surface area contributed by atoms with Gasteiger partial charge in [0.15, 0.2) is 0 Å². The number of aryl methyl sites for hydroxylation is 1. The van der Waals surface area contributed by atoms with Gasteiger partial charge in [0, 0.05) is 35.8 Å². The van der Waals surface area contributed by atoms with E-state index in [0.29, 0.717) is 6.04 Å². The predicted molar refractivity (Wildman–Crippen MR) is 88.9 cm³/mol. The number of hydrogen-bond acceptors (Lipinski definition) is 4. The molecular weight excluding hydrogens is 278 g/mol. The molecule has 0 radical (unpaired) electrons. The first kappa shape index (κ1) is 13.3. The van der Waals surface area contributed by atoms with Gasteiger partial charge in [0.1, 0.15) is 0 Å². The maximum Gasteiger partial charge on any atom is 0.0901 e. The Labute approximate surface area is 130 Å². The minimum atomic E-state index is 0.635. The normalized spacial score (nSPS) is 27.8. The molecule has 21 heavy (non-hydrogen) atoms. The van der Waals surface area contributed by atoms with Gasteiger partial charge in [-0.15, -0.1) is 11.3 Å². The molecule has 4 heteroatoms. The lowest BCUT2D eigenvalue weighted by Crippen LogP contribution is -2.39. The molecule has 3 unspecified atom stereocenters. The van der Waals surface area contributed by atoms with Crippen LogP contribution in [0.25, 0.3) is 11.3 Å². The zero-order chi connectivity index (χ0) is 14.2. The van der Waals surface area contributed by atoms with Crippen LogP contribution in [0.4, 0.5) is 5.69 Å². The van der Waals surface area contributed by atoms with Crippen LogP contribution in [0.5, 0.6) is 0 Å². The molecule has 2 aliphatic heterocycles. The number of fused-ring (bicyclic) bond motifs is 2. The van der Waals surface area contributed by atoms with Crippen LogP contribution in [-0.2, 0) is 0 Å². The van der Waals surface area contributed by atoms with E-state index >= 15 is 0 Å². The molecule has 2 aliphatic rings. The number of thiazole rings is 1. The summed E-state index contributed by atoms with van der Waals surface area (Å²) >= 11 is 1.71. The third-order valence-corrected chi connectivity index (χ3v) is 5.54. The summed E-state index contributed by atoms with van der Waals surface area (Å²) in [6.07, 6.45) is 2.62. The minimum absolute atomic E-state index is 0.635. The summed E-state index contributed by atoms with van der Waals surface area (Å²) in [6, 6.07) is 9.35. The van der Waals surface area contributed by atoms with Crippen LogP contribution >= 0.6 is 11.3 Å². The maximum atomic E-state index is 4.59. The number of benzene rings is 1. The van der Waals surface area contributed by atoms with E-state index in [0.717, 1.165) is 16.6 Å². The van der Waals surface area contributed by atoms with Crippen molar-refractivity contribution in [1.82, 2.24) is 9.88 Å². The second-order valence-corrected chi connectivity index (χ2v) is 7.28. The molecule has 3 nitrogen and oxygen atoms in total. The Kier molecular flexibility index (Phi) is 3.43. The highest BCUT2D eigenvalue weighted by Gasteiger charge is 2.34. The van der Waals surface area contributed by atoms with E-state index in [-0.39, 0.29) is 0 Å². The van der Waals surface area contributed by atoms with Gasteiger partial charge in [0.25, 0.3) is 0 Å². The Bertz CT molecular complexity index is 636. The summed E-state index contributed by atoms with van der Waals surface area (Å²) in [5.41, 5.74) is 3.55. The van der Waals surface area contributed by atoms with Crippen LogP contribution in [0.1, 0.15) is 17.8 Å². The Hall–Kier alpha value is -1.39. The first-order valence-corrected chi connectivity index (χ1v) is 8.67. The summed E-state index contributed by atoms with van der Waals surface area (Å²) < 4.78 is 0. The van der Waals surface area contributed by atoms with Crippen LogP contribution in [0, 0.1) is 12.8 Å². The van der Waals surface area contributed by atoms with Crippen LogP contribution in [0.15, 0.2) is 29.6 Å². The first-order chi connectivity index (χ1) is 10.3. The van der Waals surface area contributed by atoms with Gasteiger partial charge in [-0.2, -0.15) is 0 Å². The SMILES string of the molecule is Cc1nc(-c2cccc(NC3CCN4CCC3C4)c2)cs1. The number of nitrogens with zero attached hydrogens (tertiary/aromatic N) is 2. The highest BCUT2D eigenvalue weighted by atomic mass is 32.1. The minimum Gasteiger partial charge on any atom is -0.382 e. The predicted octanol–water partition coefficient (Wildman–Crippen LogP) is 3.62. The molecule has 1 aromatic carbocycles. The van der Waals surface area contributed by atoms with Crippen LogP contribution < -0.4 is 5.32 Å². The zero-order valence-electron chi connectivity index (χ0n) is 12.4. The molecular formula is C17H21N3S. The second-order valence-electron chi connectivity index (χ2n) is 6.22. The molecule has 2 bridgehead atoms. The summed E-state index contributed by atoms with van der Waals surface area (Å²) in [6.45, 7) is 5.88. The number of piperidine rings is 1. The largest absolute Gasteiger partial charge is 0.382 e. The Balaban J connectivity index is 1.53.